The van der Waals surface area contributed by atoms with Gasteiger partial charge in [0.15, 0.2) is 5.75 Å². The van der Waals surface area contributed by atoms with Crippen molar-refractivity contribution in [1.82, 2.24) is 4.98 Å². The summed E-state index contributed by atoms with van der Waals surface area (Å²) in [4.78, 5) is 15.2. The monoisotopic (exact) mass is 279 g/mol. The molecule has 2 rings (SSSR count). The van der Waals surface area contributed by atoms with E-state index >= 15 is 0 Å². The zero-order chi connectivity index (χ0) is 11.5. The molecular formula is C12H10BrNO2. The summed E-state index contributed by atoms with van der Waals surface area (Å²) in [5.74, 6) is 0.173. The van der Waals surface area contributed by atoms with Crippen LogP contribution in [0.2, 0.25) is 0 Å². The van der Waals surface area contributed by atoms with Crippen molar-refractivity contribution in [2.75, 3.05) is 0 Å². The van der Waals surface area contributed by atoms with Crippen LogP contribution in [0.4, 0.5) is 0 Å². The number of carbonyl (C=O) groups excluding carboxylic acids is 1. The molecule has 1 heterocycles. The average Bonchev–Trinajstić information content (AvgIpc) is 2.29. The molecule has 3 nitrogen and oxygen atoms in total. The molecule has 0 unspecified atom stereocenters. The summed E-state index contributed by atoms with van der Waals surface area (Å²) in [6.45, 7) is 1.38. The number of pyridine rings is 1. The molecule has 0 N–H and O–H groups in total. The van der Waals surface area contributed by atoms with E-state index < -0.39 is 0 Å². The second-order valence-corrected chi connectivity index (χ2v) is 3.91. The normalized spacial score (nSPS) is 10.4. The number of hydrogen-bond donors (Lipinski definition) is 0. The molecule has 1 aromatic carbocycles. The minimum absolute atomic E-state index is 0.335. The number of carbonyl (C=O) groups is 1. The van der Waals surface area contributed by atoms with E-state index in [1.165, 1.54) is 6.92 Å². The van der Waals surface area contributed by atoms with Gasteiger partial charge in [-0.1, -0.05) is 28.1 Å². The Morgan fingerprint density at radius 1 is 1.44 bits per heavy atom. The topological polar surface area (TPSA) is 39.2 Å². The van der Waals surface area contributed by atoms with Crippen molar-refractivity contribution in [1.29, 1.82) is 0 Å². The van der Waals surface area contributed by atoms with Gasteiger partial charge in [0, 0.05) is 23.8 Å². The van der Waals surface area contributed by atoms with E-state index in [-0.39, 0.29) is 5.97 Å². The molecule has 2 aromatic rings. The van der Waals surface area contributed by atoms with Crippen LogP contribution in [0.1, 0.15) is 12.5 Å². The number of alkyl halides is 1. The third-order valence-corrected chi connectivity index (χ3v) is 2.82. The molecule has 0 radical (unpaired) electrons. The summed E-state index contributed by atoms with van der Waals surface area (Å²) < 4.78 is 5.11. The Labute approximate surface area is 102 Å². The molecule has 1 aromatic heterocycles. The number of benzene rings is 1. The van der Waals surface area contributed by atoms with Gasteiger partial charge < -0.3 is 4.74 Å². The molecule has 0 fully saturated rings. The van der Waals surface area contributed by atoms with Gasteiger partial charge in [0.05, 0.1) is 0 Å². The summed E-state index contributed by atoms with van der Waals surface area (Å²) >= 11 is 3.42. The molecule has 0 aliphatic carbocycles. The largest absolute Gasteiger partial charge is 0.424 e. The van der Waals surface area contributed by atoms with Crippen molar-refractivity contribution < 1.29 is 9.53 Å². The summed E-state index contributed by atoms with van der Waals surface area (Å²) in [7, 11) is 0. The van der Waals surface area contributed by atoms with Gasteiger partial charge in [0.2, 0.25) is 0 Å². The fourth-order valence-corrected chi connectivity index (χ4v) is 2.05. The number of rotatable bonds is 2. The number of nitrogens with zero attached hydrogens (tertiary/aromatic N) is 1. The molecule has 0 atom stereocenters. The Kier molecular flexibility index (Phi) is 3.19. The highest BCUT2D eigenvalue weighted by Gasteiger charge is 2.08. The highest BCUT2D eigenvalue weighted by atomic mass is 79.9. The summed E-state index contributed by atoms with van der Waals surface area (Å²) in [5, 5.41) is 1.74. The van der Waals surface area contributed by atoms with Crippen molar-refractivity contribution in [3.63, 3.8) is 0 Å². The number of ether oxygens (including phenoxy) is 1. The summed E-state index contributed by atoms with van der Waals surface area (Å²) in [6.07, 6.45) is 1.69. The first-order valence-corrected chi connectivity index (χ1v) is 5.95. The van der Waals surface area contributed by atoms with Crippen molar-refractivity contribution in [3.8, 4) is 5.75 Å². The van der Waals surface area contributed by atoms with E-state index in [9.17, 15) is 4.79 Å². The molecule has 0 saturated carbocycles. The standard InChI is InChI=1S/C12H10BrNO2/c1-8(15)16-11-5-4-9(7-13)10-3-2-6-14-12(10)11/h2-6H,7H2,1H3. The van der Waals surface area contributed by atoms with Gasteiger partial charge in [0.25, 0.3) is 0 Å². The lowest BCUT2D eigenvalue weighted by atomic mass is 10.1. The lowest BCUT2D eigenvalue weighted by molar-refractivity contribution is -0.131. The number of esters is 1. The third kappa shape index (κ3) is 2.07. The second-order valence-electron chi connectivity index (χ2n) is 3.35. The quantitative estimate of drug-likeness (QED) is 0.482. The maximum Gasteiger partial charge on any atom is 0.308 e. The van der Waals surface area contributed by atoms with Crippen LogP contribution in [-0.2, 0) is 10.1 Å². The molecule has 4 heteroatoms. The van der Waals surface area contributed by atoms with Crippen LogP contribution < -0.4 is 4.74 Å². The predicted octanol–water partition coefficient (Wildman–Crippen LogP) is 3.06. The molecular weight excluding hydrogens is 270 g/mol. The van der Waals surface area contributed by atoms with Crippen LogP contribution in [0.3, 0.4) is 0 Å². The summed E-state index contributed by atoms with van der Waals surface area (Å²) in [6, 6.07) is 7.53. The first-order valence-electron chi connectivity index (χ1n) is 4.83. The molecule has 0 aliphatic heterocycles. The Bertz CT molecular complexity index is 540. The van der Waals surface area contributed by atoms with E-state index in [0.717, 1.165) is 21.8 Å². The predicted molar refractivity (Wildman–Crippen MR) is 65.7 cm³/mol. The highest BCUT2D eigenvalue weighted by Crippen LogP contribution is 2.27. The number of fused-ring (bicyclic) bond motifs is 1. The van der Waals surface area contributed by atoms with E-state index in [1.54, 1.807) is 12.3 Å². The lowest BCUT2D eigenvalue weighted by Gasteiger charge is -2.07. The maximum absolute atomic E-state index is 11.0. The van der Waals surface area contributed by atoms with Gasteiger partial charge in [-0.25, -0.2) is 0 Å². The molecule has 0 saturated heterocycles. The van der Waals surface area contributed by atoms with Gasteiger partial charge in [-0.3, -0.25) is 9.78 Å². The molecule has 16 heavy (non-hydrogen) atoms. The van der Waals surface area contributed by atoms with Crippen LogP contribution in [0.15, 0.2) is 30.5 Å². The zero-order valence-corrected chi connectivity index (χ0v) is 10.3. The van der Waals surface area contributed by atoms with Crippen molar-refractivity contribution in [2.45, 2.75) is 12.3 Å². The second kappa shape index (κ2) is 4.61. The Morgan fingerprint density at radius 3 is 2.94 bits per heavy atom. The van der Waals surface area contributed by atoms with Crippen LogP contribution in [-0.4, -0.2) is 11.0 Å². The molecule has 82 valence electrons. The van der Waals surface area contributed by atoms with Gasteiger partial charge >= 0.3 is 5.97 Å². The SMILES string of the molecule is CC(=O)Oc1ccc(CBr)c2cccnc12. The third-order valence-electron chi connectivity index (χ3n) is 2.22. The maximum atomic E-state index is 11.0. The lowest BCUT2D eigenvalue weighted by Crippen LogP contribution is -2.02. The first kappa shape index (κ1) is 11.1. The van der Waals surface area contributed by atoms with Gasteiger partial charge in [-0.2, -0.15) is 0 Å². The molecule has 0 bridgehead atoms. The minimum Gasteiger partial charge on any atom is -0.424 e. The van der Waals surface area contributed by atoms with Crippen LogP contribution in [0.25, 0.3) is 10.9 Å². The molecule has 0 spiro atoms. The Hall–Kier alpha value is -1.42. The van der Waals surface area contributed by atoms with Crippen LogP contribution in [0, 0.1) is 0 Å². The highest BCUT2D eigenvalue weighted by molar-refractivity contribution is 9.08. The summed E-state index contributed by atoms with van der Waals surface area (Å²) in [5.41, 5.74) is 1.84. The van der Waals surface area contributed by atoms with E-state index in [0.29, 0.717) is 5.75 Å². The molecule has 0 aliphatic rings. The average molecular weight is 280 g/mol. The van der Waals surface area contributed by atoms with Gasteiger partial charge in [-0.15, -0.1) is 0 Å². The van der Waals surface area contributed by atoms with Gasteiger partial charge in [0.1, 0.15) is 5.52 Å². The first-order chi connectivity index (χ1) is 7.72. The van der Waals surface area contributed by atoms with Gasteiger partial charge in [-0.05, 0) is 17.7 Å². The van der Waals surface area contributed by atoms with E-state index in [4.69, 9.17) is 4.74 Å². The van der Waals surface area contributed by atoms with Crippen LogP contribution in [0.5, 0.6) is 5.75 Å². The Morgan fingerprint density at radius 2 is 2.25 bits per heavy atom. The van der Waals surface area contributed by atoms with Crippen molar-refractivity contribution >= 4 is 32.8 Å². The Balaban J connectivity index is 2.64. The number of halogens is 1. The fourth-order valence-electron chi connectivity index (χ4n) is 1.56. The van der Waals surface area contributed by atoms with Crippen molar-refractivity contribution in [2.24, 2.45) is 0 Å². The van der Waals surface area contributed by atoms with E-state index in [2.05, 4.69) is 20.9 Å². The zero-order valence-electron chi connectivity index (χ0n) is 8.74. The smallest absolute Gasteiger partial charge is 0.308 e. The fraction of sp³-hybridized carbons (Fsp3) is 0.167. The number of aromatic nitrogens is 1. The number of hydrogen-bond acceptors (Lipinski definition) is 3. The van der Waals surface area contributed by atoms with E-state index in [1.807, 2.05) is 18.2 Å². The minimum atomic E-state index is -0.335. The van der Waals surface area contributed by atoms with Crippen LogP contribution >= 0.6 is 15.9 Å². The van der Waals surface area contributed by atoms with Crippen molar-refractivity contribution in [3.05, 3.63) is 36.0 Å². The molecule has 0 amide bonds.